The van der Waals surface area contributed by atoms with Gasteiger partial charge in [-0.2, -0.15) is 0 Å². The van der Waals surface area contributed by atoms with Crippen molar-refractivity contribution in [1.29, 1.82) is 0 Å². The van der Waals surface area contributed by atoms with Gasteiger partial charge in [0, 0.05) is 33.0 Å². The van der Waals surface area contributed by atoms with Crippen LogP contribution in [0.25, 0.3) is 0 Å². The number of fused-ring (bicyclic) bond motifs is 2. The van der Waals surface area contributed by atoms with Gasteiger partial charge in [0.15, 0.2) is 0 Å². The fourth-order valence-electron chi connectivity index (χ4n) is 8.95. The van der Waals surface area contributed by atoms with Crippen LogP contribution in [0.1, 0.15) is 58.8 Å². The average Bonchev–Trinajstić information content (AvgIpc) is 2.64. The van der Waals surface area contributed by atoms with Gasteiger partial charge < -0.3 is 9.84 Å². The summed E-state index contributed by atoms with van der Waals surface area (Å²) in [6.07, 6.45) is 6.63. The molecule has 1 spiro atoms. The Bertz CT molecular complexity index is 764. The van der Waals surface area contributed by atoms with Crippen molar-refractivity contribution in [3.8, 4) is 0 Å². The van der Waals surface area contributed by atoms with Gasteiger partial charge in [-0.3, -0.25) is 14.5 Å². The van der Waals surface area contributed by atoms with Gasteiger partial charge in [0.25, 0.3) is 0 Å². The summed E-state index contributed by atoms with van der Waals surface area (Å²) >= 11 is 0. The minimum absolute atomic E-state index is 0.0894. The van der Waals surface area contributed by atoms with E-state index in [2.05, 4.69) is 18.4 Å². The number of hydrogen-bond donors (Lipinski definition) is 1. The summed E-state index contributed by atoms with van der Waals surface area (Å²) in [4.78, 5) is 28.0. The van der Waals surface area contributed by atoms with Crippen LogP contribution in [0.4, 0.5) is 0 Å². The van der Waals surface area contributed by atoms with Gasteiger partial charge in [-0.25, -0.2) is 0 Å². The molecule has 1 aliphatic heterocycles. The molecule has 6 aliphatic rings. The maximum absolute atomic E-state index is 13.6. The molecule has 0 aromatic rings. The molecular formula is C24H35NO4. The summed E-state index contributed by atoms with van der Waals surface area (Å²) in [6.45, 7) is 11.1. The molecule has 29 heavy (non-hydrogen) atoms. The van der Waals surface area contributed by atoms with Crippen LogP contribution in [0.15, 0.2) is 12.2 Å². The van der Waals surface area contributed by atoms with Crippen molar-refractivity contribution in [3.63, 3.8) is 0 Å². The molecule has 160 valence electrons. The first kappa shape index (κ1) is 19.7. The number of rotatable bonds is 3. The van der Waals surface area contributed by atoms with E-state index < -0.39 is 11.5 Å². The molecule has 7 atom stereocenters. The molecule has 1 heterocycles. The number of likely N-dealkylation sites (tertiary alicyclic amines) is 1. The first-order valence-corrected chi connectivity index (χ1v) is 11.5. The van der Waals surface area contributed by atoms with E-state index in [4.69, 9.17) is 4.74 Å². The second-order valence-electron chi connectivity index (χ2n) is 11.0. The number of hydrogen-bond acceptors (Lipinski definition) is 5. The van der Waals surface area contributed by atoms with Crippen molar-refractivity contribution in [1.82, 2.24) is 4.90 Å². The number of aliphatic hydroxyl groups excluding tert-OH is 1. The highest BCUT2D eigenvalue weighted by molar-refractivity contribution is 5.90. The Morgan fingerprint density at radius 1 is 1.28 bits per heavy atom. The van der Waals surface area contributed by atoms with Gasteiger partial charge in [-0.15, -0.1) is 0 Å². The third-order valence-electron chi connectivity index (χ3n) is 9.69. The Hall–Kier alpha value is -1.20. The lowest BCUT2D eigenvalue weighted by Gasteiger charge is -2.72. The molecule has 6 fully saturated rings. The lowest BCUT2D eigenvalue weighted by atomic mass is 9.34. The summed E-state index contributed by atoms with van der Waals surface area (Å²) in [5.74, 6) is 1.04. The molecule has 0 amide bonds. The van der Waals surface area contributed by atoms with E-state index in [1.54, 1.807) is 0 Å². The number of ether oxygens (including phenoxy) is 1. The summed E-state index contributed by atoms with van der Waals surface area (Å²) < 4.78 is 5.87. The molecule has 0 radical (unpaired) electrons. The summed E-state index contributed by atoms with van der Waals surface area (Å²) in [7, 11) is 0. The van der Waals surface area contributed by atoms with E-state index in [-0.39, 0.29) is 35.2 Å². The fraction of sp³-hybridized carbons (Fsp3) is 0.833. The predicted molar refractivity (Wildman–Crippen MR) is 109 cm³/mol. The van der Waals surface area contributed by atoms with Crippen molar-refractivity contribution < 1.29 is 19.4 Å². The Morgan fingerprint density at radius 2 is 2.07 bits per heavy atom. The van der Waals surface area contributed by atoms with Crippen molar-refractivity contribution in [2.24, 2.45) is 34.0 Å². The highest BCUT2D eigenvalue weighted by Gasteiger charge is 2.73. The number of ketones is 1. The van der Waals surface area contributed by atoms with E-state index in [1.165, 1.54) is 19.8 Å². The van der Waals surface area contributed by atoms with Crippen LogP contribution in [0.5, 0.6) is 0 Å². The van der Waals surface area contributed by atoms with Crippen LogP contribution >= 0.6 is 0 Å². The van der Waals surface area contributed by atoms with E-state index in [1.807, 2.05) is 0 Å². The van der Waals surface area contributed by atoms with Crippen molar-refractivity contribution in [3.05, 3.63) is 12.2 Å². The maximum atomic E-state index is 13.6. The second kappa shape index (κ2) is 6.40. The number of nitrogens with zero attached hydrogens (tertiary/aromatic N) is 1. The van der Waals surface area contributed by atoms with Gasteiger partial charge in [0.1, 0.15) is 11.9 Å². The largest absolute Gasteiger partial charge is 0.457 e. The van der Waals surface area contributed by atoms with Gasteiger partial charge >= 0.3 is 5.97 Å². The highest BCUT2D eigenvalue weighted by atomic mass is 16.5. The second-order valence-corrected chi connectivity index (χ2v) is 11.0. The molecule has 0 unspecified atom stereocenters. The normalized spacial score (nSPS) is 48.8. The lowest BCUT2D eigenvalue weighted by Crippen LogP contribution is -2.73. The SMILES string of the molecule is C=C1[C@H]2CC(=O)[C@@]3(CC[C@@H]4[C@@]5(C)CCC[C@@]4(CN(CCO)C5)[C@@H]3C2)[C@H]1OC(C)=O. The minimum Gasteiger partial charge on any atom is -0.457 e. The first-order chi connectivity index (χ1) is 13.8. The summed E-state index contributed by atoms with van der Waals surface area (Å²) in [5.41, 5.74) is 0.745. The number of β-amino-alcohol motifs (C(OH)–C–C–N with tert-alkyl or cyclic N) is 1. The van der Waals surface area contributed by atoms with Crippen LogP contribution in [0, 0.1) is 34.0 Å². The maximum Gasteiger partial charge on any atom is 0.303 e. The van der Waals surface area contributed by atoms with E-state index in [9.17, 15) is 14.7 Å². The van der Waals surface area contributed by atoms with Gasteiger partial charge in [0.2, 0.25) is 0 Å². The Kier molecular flexibility index (Phi) is 4.36. The number of carbonyl (C=O) groups excluding carboxylic acids is 2. The van der Waals surface area contributed by atoms with E-state index in [0.29, 0.717) is 24.7 Å². The zero-order valence-electron chi connectivity index (χ0n) is 17.9. The molecule has 0 aromatic heterocycles. The fourth-order valence-corrected chi connectivity index (χ4v) is 8.95. The third kappa shape index (κ3) is 2.46. The monoisotopic (exact) mass is 401 g/mol. The molecule has 5 nitrogen and oxygen atoms in total. The number of Topliss-reactive ketones (excluding diaryl/α,β-unsaturated/α-hetero) is 1. The molecule has 5 aliphatic carbocycles. The van der Waals surface area contributed by atoms with Crippen molar-refractivity contribution >= 4 is 11.8 Å². The van der Waals surface area contributed by atoms with E-state index in [0.717, 1.165) is 44.3 Å². The lowest BCUT2D eigenvalue weighted by molar-refractivity contribution is -0.236. The average molecular weight is 402 g/mol. The van der Waals surface area contributed by atoms with Crippen molar-refractivity contribution in [2.45, 2.75) is 64.9 Å². The number of esters is 1. The molecule has 5 saturated carbocycles. The van der Waals surface area contributed by atoms with Gasteiger partial charge in [-0.1, -0.05) is 19.9 Å². The standard InChI is InChI=1S/C24H35NO4/c1-15-17-11-19-23-7-4-6-22(3,13-25(14-23)9-10-26)18(23)5-8-24(19,20(28)12-17)21(15)29-16(2)27/h17-19,21,26H,1,4-14H2,2-3H3/t17-,18-,19+,21+,22+,23+,24+/m1/s1. The molecule has 5 heteroatoms. The highest BCUT2D eigenvalue weighted by Crippen LogP contribution is 2.72. The first-order valence-electron chi connectivity index (χ1n) is 11.5. The topological polar surface area (TPSA) is 66.8 Å². The minimum atomic E-state index is -0.575. The Morgan fingerprint density at radius 3 is 2.79 bits per heavy atom. The molecule has 6 rings (SSSR count). The Balaban J connectivity index is 1.62. The smallest absolute Gasteiger partial charge is 0.303 e. The molecule has 1 N–H and O–H groups in total. The van der Waals surface area contributed by atoms with Crippen LogP contribution in [0.2, 0.25) is 0 Å². The van der Waals surface area contributed by atoms with Gasteiger partial charge in [-0.05, 0) is 66.3 Å². The zero-order chi connectivity index (χ0) is 20.6. The van der Waals surface area contributed by atoms with E-state index >= 15 is 0 Å². The number of carbonyl (C=O) groups is 2. The molecule has 1 saturated heterocycles. The molecule has 4 bridgehead atoms. The quantitative estimate of drug-likeness (QED) is 0.582. The number of aliphatic hydroxyl groups is 1. The molecular weight excluding hydrogens is 366 g/mol. The van der Waals surface area contributed by atoms with Crippen LogP contribution < -0.4 is 0 Å². The predicted octanol–water partition coefficient (Wildman–Crippen LogP) is 2.96. The van der Waals surface area contributed by atoms with Gasteiger partial charge in [0.05, 0.1) is 12.0 Å². The van der Waals surface area contributed by atoms with Crippen molar-refractivity contribution in [2.75, 3.05) is 26.2 Å². The zero-order valence-corrected chi connectivity index (χ0v) is 17.9. The Labute approximate surface area is 173 Å². The summed E-state index contributed by atoms with van der Waals surface area (Å²) in [6, 6.07) is 0. The van der Waals surface area contributed by atoms with Crippen LogP contribution in [-0.2, 0) is 14.3 Å². The summed E-state index contributed by atoms with van der Waals surface area (Å²) in [5, 5.41) is 9.65. The van der Waals surface area contributed by atoms with Crippen LogP contribution in [0.3, 0.4) is 0 Å². The van der Waals surface area contributed by atoms with Crippen LogP contribution in [-0.4, -0.2) is 54.1 Å². The third-order valence-corrected chi connectivity index (χ3v) is 9.69. The number of piperidine rings is 1. The molecule has 0 aromatic carbocycles.